The van der Waals surface area contributed by atoms with Crippen LogP contribution in [0.15, 0.2) is 29.4 Å². The highest BCUT2D eigenvalue weighted by Gasteiger charge is 2.10. The van der Waals surface area contributed by atoms with Gasteiger partial charge in [-0.05, 0) is 18.6 Å². The highest BCUT2D eigenvalue weighted by Crippen LogP contribution is 2.07. The van der Waals surface area contributed by atoms with Gasteiger partial charge in [0.15, 0.2) is 5.84 Å². The summed E-state index contributed by atoms with van der Waals surface area (Å²) >= 11 is 0. The Hall–Kier alpha value is -2.04. The number of hydrogen-bond donors (Lipinski definition) is 2. The van der Waals surface area contributed by atoms with Crippen LogP contribution in [0.5, 0.6) is 0 Å². The van der Waals surface area contributed by atoms with Gasteiger partial charge in [0.2, 0.25) is 0 Å². The molecular formula is C12H17N3O2. The van der Waals surface area contributed by atoms with Crippen LogP contribution in [-0.4, -0.2) is 35.4 Å². The second-order valence-electron chi connectivity index (χ2n) is 3.79. The molecule has 0 heterocycles. The van der Waals surface area contributed by atoms with E-state index in [0.29, 0.717) is 11.1 Å². The third-order valence-electron chi connectivity index (χ3n) is 2.44. The lowest BCUT2D eigenvalue weighted by atomic mass is 10.1. The Labute approximate surface area is 101 Å². The van der Waals surface area contributed by atoms with Gasteiger partial charge in [-0.25, -0.2) is 0 Å². The molecule has 5 heteroatoms. The standard InChI is InChI=1S/C12H17N3O2/c1-3-8-15(2)12(16)10-6-4-9(5-7-10)11(13)14-17/h4-7,17H,3,8H2,1-2H3,(H2,13,14). The first-order valence-corrected chi connectivity index (χ1v) is 5.43. The second kappa shape index (κ2) is 5.89. The number of hydrogen-bond acceptors (Lipinski definition) is 3. The molecule has 0 aliphatic rings. The smallest absolute Gasteiger partial charge is 0.253 e. The molecule has 0 aromatic heterocycles. The summed E-state index contributed by atoms with van der Waals surface area (Å²) in [6.07, 6.45) is 0.921. The lowest BCUT2D eigenvalue weighted by molar-refractivity contribution is 0.0795. The normalized spacial score (nSPS) is 11.3. The minimum atomic E-state index is -0.0297. The van der Waals surface area contributed by atoms with Gasteiger partial charge in [0, 0.05) is 24.7 Å². The van der Waals surface area contributed by atoms with E-state index in [2.05, 4.69) is 5.16 Å². The highest BCUT2D eigenvalue weighted by atomic mass is 16.4. The summed E-state index contributed by atoms with van der Waals surface area (Å²) in [4.78, 5) is 13.6. The van der Waals surface area contributed by atoms with Crippen LogP contribution in [0.25, 0.3) is 0 Å². The van der Waals surface area contributed by atoms with Gasteiger partial charge in [0.05, 0.1) is 0 Å². The first kappa shape index (κ1) is 13.0. The van der Waals surface area contributed by atoms with Gasteiger partial charge in [-0.3, -0.25) is 4.79 Å². The van der Waals surface area contributed by atoms with Crippen molar-refractivity contribution in [2.75, 3.05) is 13.6 Å². The predicted molar refractivity (Wildman–Crippen MR) is 66.2 cm³/mol. The van der Waals surface area contributed by atoms with Crippen molar-refractivity contribution in [1.29, 1.82) is 0 Å². The average molecular weight is 235 g/mol. The number of oxime groups is 1. The average Bonchev–Trinajstić information content (AvgIpc) is 2.37. The molecule has 0 spiro atoms. The van der Waals surface area contributed by atoms with E-state index < -0.39 is 0 Å². The predicted octanol–water partition coefficient (Wildman–Crippen LogP) is 1.26. The van der Waals surface area contributed by atoms with Gasteiger partial charge >= 0.3 is 0 Å². The van der Waals surface area contributed by atoms with Crippen molar-refractivity contribution in [1.82, 2.24) is 4.90 Å². The fraction of sp³-hybridized carbons (Fsp3) is 0.333. The summed E-state index contributed by atoms with van der Waals surface area (Å²) in [7, 11) is 1.77. The number of carbonyl (C=O) groups is 1. The molecule has 1 rings (SSSR count). The number of nitrogens with zero attached hydrogens (tertiary/aromatic N) is 2. The van der Waals surface area contributed by atoms with E-state index in [-0.39, 0.29) is 11.7 Å². The summed E-state index contributed by atoms with van der Waals surface area (Å²) in [5, 5.41) is 11.4. The van der Waals surface area contributed by atoms with Gasteiger partial charge in [-0.2, -0.15) is 0 Å². The molecule has 3 N–H and O–H groups in total. The van der Waals surface area contributed by atoms with Crippen LogP contribution < -0.4 is 5.73 Å². The summed E-state index contributed by atoms with van der Waals surface area (Å²) in [5.41, 5.74) is 6.61. The fourth-order valence-corrected chi connectivity index (χ4v) is 1.50. The monoisotopic (exact) mass is 235 g/mol. The number of amidine groups is 1. The van der Waals surface area contributed by atoms with Crippen molar-refractivity contribution in [2.24, 2.45) is 10.9 Å². The van der Waals surface area contributed by atoms with Crippen LogP contribution in [-0.2, 0) is 0 Å². The molecule has 1 amide bonds. The van der Waals surface area contributed by atoms with E-state index in [4.69, 9.17) is 10.9 Å². The summed E-state index contributed by atoms with van der Waals surface area (Å²) < 4.78 is 0. The maximum absolute atomic E-state index is 11.9. The van der Waals surface area contributed by atoms with Crippen molar-refractivity contribution in [3.8, 4) is 0 Å². The van der Waals surface area contributed by atoms with Gasteiger partial charge in [-0.1, -0.05) is 24.2 Å². The lowest BCUT2D eigenvalue weighted by Gasteiger charge is -2.16. The molecule has 0 unspecified atom stereocenters. The lowest BCUT2D eigenvalue weighted by Crippen LogP contribution is -2.27. The fourth-order valence-electron chi connectivity index (χ4n) is 1.50. The molecule has 0 aliphatic heterocycles. The molecule has 0 bridgehead atoms. The molecule has 0 saturated carbocycles. The topological polar surface area (TPSA) is 78.9 Å². The van der Waals surface area contributed by atoms with Crippen molar-refractivity contribution < 1.29 is 10.0 Å². The van der Waals surface area contributed by atoms with Crippen LogP contribution in [0.1, 0.15) is 29.3 Å². The zero-order chi connectivity index (χ0) is 12.8. The molecule has 0 saturated heterocycles. The summed E-state index contributed by atoms with van der Waals surface area (Å²) in [6.45, 7) is 2.74. The number of carbonyl (C=O) groups excluding carboxylic acids is 1. The minimum absolute atomic E-state index is 0.0297. The Morgan fingerprint density at radius 1 is 1.35 bits per heavy atom. The molecule has 1 aromatic rings. The van der Waals surface area contributed by atoms with Gasteiger partial charge in [0.25, 0.3) is 5.91 Å². The number of benzene rings is 1. The SMILES string of the molecule is CCCN(C)C(=O)c1ccc(/C(N)=N/O)cc1. The molecule has 0 aliphatic carbocycles. The highest BCUT2D eigenvalue weighted by molar-refractivity contribution is 5.99. The van der Waals surface area contributed by atoms with Crippen molar-refractivity contribution in [2.45, 2.75) is 13.3 Å². The Kier molecular flexibility index (Phi) is 4.51. The maximum Gasteiger partial charge on any atom is 0.253 e. The molecular weight excluding hydrogens is 218 g/mol. The van der Waals surface area contributed by atoms with Crippen molar-refractivity contribution in [3.05, 3.63) is 35.4 Å². The zero-order valence-electron chi connectivity index (χ0n) is 10.1. The van der Waals surface area contributed by atoms with Crippen molar-refractivity contribution in [3.63, 3.8) is 0 Å². The van der Waals surface area contributed by atoms with E-state index >= 15 is 0 Å². The van der Waals surface area contributed by atoms with Crippen LogP contribution >= 0.6 is 0 Å². The van der Waals surface area contributed by atoms with E-state index in [1.807, 2.05) is 6.92 Å². The zero-order valence-corrected chi connectivity index (χ0v) is 10.1. The van der Waals surface area contributed by atoms with Gasteiger partial charge in [0.1, 0.15) is 0 Å². The summed E-state index contributed by atoms with van der Waals surface area (Å²) in [6, 6.07) is 6.65. The Bertz CT molecular complexity index is 412. The number of rotatable bonds is 4. The Morgan fingerprint density at radius 2 is 1.88 bits per heavy atom. The van der Waals surface area contributed by atoms with E-state index in [1.165, 1.54) is 0 Å². The molecule has 92 valence electrons. The molecule has 1 aromatic carbocycles. The Morgan fingerprint density at radius 3 is 2.35 bits per heavy atom. The van der Waals surface area contributed by atoms with Gasteiger partial charge < -0.3 is 15.8 Å². The molecule has 0 radical (unpaired) electrons. The second-order valence-corrected chi connectivity index (χ2v) is 3.79. The first-order valence-electron chi connectivity index (χ1n) is 5.43. The van der Waals surface area contributed by atoms with Gasteiger partial charge in [-0.15, -0.1) is 0 Å². The number of amides is 1. The number of nitrogens with two attached hydrogens (primary N) is 1. The molecule has 0 fully saturated rings. The van der Waals surface area contributed by atoms with Crippen molar-refractivity contribution >= 4 is 11.7 Å². The van der Waals surface area contributed by atoms with Crippen LogP contribution in [0, 0.1) is 0 Å². The summed E-state index contributed by atoms with van der Waals surface area (Å²) in [5.74, 6) is 0.00354. The third kappa shape index (κ3) is 3.21. The molecule has 5 nitrogen and oxygen atoms in total. The van der Waals surface area contributed by atoms with E-state index in [9.17, 15) is 4.79 Å². The van der Waals surface area contributed by atoms with Crippen LogP contribution in [0.2, 0.25) is 0 Å². The molecule has 0 atom stereocenters. The Balaban J connectivity index is 2.84. The maximum atomic E-state index is 11.9. The van der Waals surface area contributed by atoms with E-state index in [0.717, 1.165) is 13.0 Å². The first-order chi connectivity index (χ1) is 8.10. The van der Waals surface area contributed by atoms with Crippen LogP contribution in [0.3, 0.4) is 0 Å². The third-order valence-corrected chi connectivity index (χ3v) is 2.44. The quantitative estimate of drug-likeness (QED) is 0.357. The minimum Gasteiger partial charge on any atom is -0.409 e. The molecule has 17 heavy (non-hydrogen) atoms. The van der Waals surface area contributed by atoms with E-state index in [1.54, 1.807) is 36.2 Å². The largest absolute Gasteiger partial charge is 0.409 e. The van der Waals surface area contributed by atoms with Crippen LogP contribution in [0.4, 0.5) is 0 Å².